The molecule has 2 heterocycles. The number of aliphatic hydroxyl groups is 28. The van der Waals surface area contributed by atoms with Gasteiger partial charge in [0.15, 0.2) is 46.1 Å². The van der Waals surface area contributed by atoms with E-state index in [9.17, 15) is 173 Å². The zero-order chi connectivity index (χ0) is 67.9. The molecule has 4 aliphatic rings. The number of Topliss-reactive ketones (excluding diaryl/α,β-unsaturated/α-hetero) is 2. The maximum atomic E-state index is 14.1. The van der Waals surface area contributed by atoms with E-state index in [1.54, 1.807) is 0 Å². The van der Waals surface area contributed by atoms with Crippen LogP contribution in [0.3, 0.4) is 0 Å². The third-order valence-electron chi connectivity index (χ3n) is 16.3. The molecule has 0 saturated carbocycles. The molecule has 2 saturated heterocycles. The Morgan fingerprint density at radius 1 is 0.449 bits per heavy atom. The number of fused-ring (bicyclic) bond motifs is 2. The van der Waals surface area contributed by atoms with Gasteiger partial charge in [-0.1, -0.05) is 30.3 Å². The SMILES string of the molecule is COc1cc2c(cc1OC)C(O)(O)C(C(O)(O)C1(O)C(O)(O)C(O)(O)N(Cc3c(O)c(O)c(OCOc4cc5c(cc4OC)C(O)(O)C(C(O)(O)C4(O)C(O)(O)C(O)(O)N(C(O)(O)c6ccccc6)C(O)(O)C4(O)O)C5=O)c(O)c3O)C(O)(O)C1(O)O)C2=O. The van der Waals surface area contributed by atoms with Gasteiger partial charge in [0.2, 0.25) is 58.4 Å². The van der Waals surface area contributed by atoms with Gasteiger partial charge in [-0.25, -0.2) is 0 Å². The van der Waals surface area contributed by atoms with Gasteiger partial charge in [0.1, 0.15) is 11.8 Å². The summed E-state index contributed by atoms with van der Waals surface area (Å²) < 4.78 is 25.3. The maximum absolute atomic E-state index is 14.1. The van der Waals surface area contributed by atoms with Crippen LogP contribution in [0, 0.1) is 11.8 Å². The van der Waals surface area contributed by atoms with E-state index >= 15 is 0 Å². The molecule has 2 atom stereocenters. The van der Waals surface area contributed by atoms with Crippen molar-refractivity contribution in [2.75, 3.05) is 28.1 Å². The maximum Gasteiger partial charge on any atom is 0.294 e. The summed E-state index contributed by atoms with van der Waals surface area (Å²) in [5.74, 6) is -91.9. The number of piperidine rings is 2. The molecule has 32 N–H and O–H groups in total. The molecular weight excluding hydrogens is 1230 g/mol. The van der Waals surface area contributed by atoms with Crippen LogP contribution in [0.1, 0.15) is 43.0 Å². The molecule has 492 valence electrons. The Morgan fingerprint density at radius 2 is 0.787 bits per heavy atom. The number of nitrogens with zero attached hydrogens (tertiary/aromatic N) is 2. The summed E-state index contributed by atoms with van der Waals surface area (Å²) in [5, 5.41) is 360. The van der Waals surface area contributed by atoms with Crippen LogP contribution in [-0.2, 0) is 24.0 Å². The van der Waals surface area contributed by atoms with E-state index in [-0.39, 0.29) is 5.75 Å². The lowest BCUT2D eigenvalue weighted by Crippen LogP contribution is -2.99. The molecule has 4 aromatic carbocycles. The molecule has 0 amide bonds. The quantitative estimate of drug-likeness (QED) is 0.0298. The first-order valence-corrected chi connectivity index (χ1v) is 24.4. The molecule has 41 nitrogen and oxygen atoms in total. The summed E-state index contributed by atoms with van der Waals surface area (Å²) in [4.78, 5) is 25.1. The van der Waals surface area contributed by atoms with Gasteiger partial charge < -0.3 is 187 Å². The van der Waals surface area contributed by atoms with E-state index in [1.165, 1.54) is 6.07 Å². The smallest absolute Gasteiger partial charge is 0.294 e. The normalized spacial score (nSPS) is 24.8. The molecular formula is C48H56N2O39. The van der Waals surface area contributed by atoms with Crippen LogP contribution in [0.2, 0.25) is 0 Å². The molecule has 41 heteroatoms. The fourth-order valence-corrected chi connectivity index (χ4v) is 11.4. The third kappa shape index (κ3) is 8.08. The second-order valence-electron chi connectivity index (χ2n) is 21.0. The minimum Gasteiger partial charge on any atom is -0.504 e. The van der Waals surface area contributed by atoms with Crippen molar-refractivity contribution in [2.24, 2.45) is 11.8 Å². The van der Waals surface area contributed by atoms with Crippen molar-refractivity contribution >= 4 is 11.6 Å². The molecule has 2 fully saturated rings. The second-order valence-corrected chi connectivity index (χ2v) is 21.0. The molecule has 0 bridgehead atoms. The van der Waals surface area contributed by atoms with E-state index in [4.69, 9.17) is 23.7 Å². The van der Waals surface area contributed by atoms with Crippen molar-refractivity contribution in [3.8, 4) is 51.7 Å². The van der Waals surface area contributed by atoms with Gasteiger partial charge >= 0.3 is 0 Å². The van der Waals surface area contributed by atoms with E-state index in [0.717, 1.165) is 33.5 Å². The van der Waals surface area contributed by atoms with Gasteiger partial charge in [-0.15, -0.1) is 4.90 Å². The summed E-state index contributed by atoms with van der Waals surface area (Å²) in [5.41, 5.74) is -19.1. The summed E-state index contributed by atoms with van der Waals surface area (Å²) in [6, 6.07) is 6.36. The summed E-state index contributed by atoms with van der Waals surface area (Å²) >= 11 is 0. The summed E-state index contributed by atoms with van der Waals surface area (Å²) in [6.45, 7) is -3.89. The Labute approximate surface area is 490 Å². The van der Waals surface area contributed by atoms with E-state index in [2.05, 4.69) is 0 Å². The van der Waals surface area contributed by atoms with E-state index in [1.807, 2.05) is 0 Å². The van der Waals surface area contributed by atoms with Crippen molar-refractivity contribution in [1.82, 2.24) is 9.80 Å². The zero-order valence-electron chi connectivity index (χ0n) is 44.8. The second kappa shape index (κ2) is 19.9. The Hall–Kier alpha value is -6.78. The van der Waals surface area contributed by atoms with E-state index in [0.29, 0.717) is 36.4 Å². The first kappa shape index (κ1) is 68.1. The molecule has 8 rings (SSSR count). The Balaban J connectivity index is 1.09. The number of phenols is 4. The molecule has 0 radical (unpaired) electrons. The molecule has 2 unspecified atom stereocenters. The highest BCUT2D eigenvalue weighted by Crippen LogP contribution is 2.63. The number of benzene rings is 4. The average Bonchev–Trinajstić information content (AvgIpc) is 1.24. The van der Waals surface area contributed by atoms with Gasteiger partial charge in [0.05, 0.1) is 26.9 Å². The van der Waals surface area contributed by atoms with Crippen LogP contribution in [0.25, 0.3) is 0 Å². The lowest BCUT2D eigenvalue weighted by Gasteiger charge is -2.66. The molecule has 0 aromatic heterocycles. The average molecular weight is 1280 g/mol. The predicted molar refractivity (Wildman–Crippen MR) is 261 cm³/mol. The van der Waals surface area contributed by atoms with Crippen LogP contribution >= 0.6 is 0 Å². The van der Waals surface area contributed by atoms with Gasteiger partial charge in [0.25, 0.3) is 52.7 Å². The first-order valence-electron chi connectivity index (χ1n) is 24.4. The van der Waals surface area contributed by atoms with Crippen molar-refractivity contribution < 1.29 is 197 Å². The standard InChI is InChI=1S/C48H56N2O39/c1-85-21-9-16-19(11-22(21)86-2)34(57,58)32(27(16)53)36(61,62)39(67)41(69,70)45(77,78)49(46(79,80)42(39,71)72)13-18-25(51)29(55)31(30(56)26(18)52)89-14-88-24-10-17-20(12-23(24)87-3)35(59,60)33(28(17)54)37(63,64)40(68)43(73,74)47(81,82)50(48(83,84)44(40,75)76)38(65,66)15-7-5-4-6-8-15/h4-12,32-33,51-52,55-84H,13-14H2,1-3H3. The highest BCUT2D eigenvalue weighted by molar-refractivity contribution is 6.05. The Bertz CT molecular complexity index is 3450. The number of likely N-dealkylation sites (tertiary alicyclic amines) is 2. The number of carbonyl (C=O) groups excluding carboxylic acids is 2. The number of phenolic OH excluding ortho intramolecular Hbond substituents is 4. The minimum absolute atomic E-state index is 0.325. The van der Waals surface area contributed by atoms with Crippen LogP contribution in [-0.4, -0.2) is 282 Å². The number of ketones is 2. The number of rotatable bonds is 15. The number of aromatic hydroxyl groups is 4. The number of carbonyl (C=O) groups is 2. The number of hydrogen-bond acceptors (Lipinski definition) is 41. The van der Waals surface area contributed by atoms with Gasteiger partial charge in [-0.2, -0.15) is 4.90 Å². The number of hydrogen-bond donors (Lipinski definition) is 32. The summed E-state index contributed by atoms with van der Waals surface area (Å²) in [6.07, 6.45) is 0. The van der Waals surface area contributed by atoms with Crippen molar-refractivity contribution in [3.63, 3.8) is 0 Å². The van der Waals surface area contributed by atoms with Crippen LogP contribution in [0.4, 0.5) is 0 Å². The van der Waals surface area contributed by atoms with Gasteiger partial charge in [-0.3, -0.25) is 9.59 Å². The summed E-state index contributed by atoms with van der Waals surface area (Å²) in [7, 11) is 2.74. The van der Waals surface area contributed by atoms with Crippen LogP contribution in [0.5, 0.6) is 51.7 Å². The third-order valence-corrected chi connectivity index (χ3v) is 16.3. The fourth-order valence-electron chi connectivity index (χ4n) is 11.4. The molecule has 2 aliphatic carbocycles. The highest BCUT2D eigenvalue weighted by atomic mass is 16.7. The van der Waals surface area contributed by atoms with Crippen LogP contribution in [0.15, 0.2) is 54.6 Å². The first-order chi connectivity index (χ1) is 40.2. The minimum atomic E-state index is -5.83. The molecule has 89 heavy (non-hydrogen) atoms. The Kier molecular flexibility index (Phi) is 15.2. The largest absolute Gasteiger partial charge is 0.504 e. The van der Waals surface area contributed by atoms with E-state index < -0.39 is 213 Å². The monoisotopic (exact) mass is 1280 g/mol. The van der Waals surface area contributed by atoms with Gasteiger partial charge in [-0.05, 0) is 24.3 Å². The molecule has 2 aliphatic heterocycles. The fraction of sp³-hybridized carbons (Fsp3) is 0.458. The van der Waals surface area contributed by atoms with Crippen molar-refractivity contribution in [3.05, 3.63) is 88.0 Å². The van der Waals surface area contributed by atoms with Gasteiger partial charge in [0, 0.05) is 34.4 Å². The molecule has 4 aromatic rings. The van der Waals surface area contributed by atoms with Crippen molar-refractivity contribution in [1.29, 1.82) is 0 Å². The highest BCUT2D eigenvalue weighted by Gasteiger charge is 2.95. The lowest BCUT2D eigenvalue weighted by molar-refractivity contribution is -0.647. The predicted octanol–water partition coefficient (Wildman–Crippen LogP) is -14.4. The van der Waals surface area contributed by atoms with Crippen molar-refractivity contribution in [2.45, 2.75) is 93.6 Å². The lowest BCUT2D eigenvalue weighted by atomic mass is 9.64. The zero-order valence-corrected chi connectivity index (χ0v) is 44.8. The molecule has 0 spiro atoms. The number of methoxy groups -OCH3 is 3. The van der Waals surface area contributed by atoms with Crippen LogP contribution < -0.4 is 23.7 Å². The topological polar surface area (TPSA) is 734 Å². The Morgan fingerprint density at radius 3 is 1.16 bits per heavy atom. The number of ether oxygens (including phenoxy) is 5.